The van der Waals surface area contributed by atoms with Gasteiger partial charge in [-0.2, -0.15) is 0 Å². The predicted octanol–water partition coefficient (Wildman–Crippen LogP) is 2.19. The van der Waals surface area contributed by atoms with Crippen molar-refractivity contribution in [3.05, 3.63) is 12.7 Å². The van der Waals surface area contributed by atoms with Gasteiger partial charge in [-0.1, -0.05) is 25.3 Å². The Morgan fingerprint density at radius 2 is 1.94 bits per heavy atom. The van der Waals surface area contributed by atoms with Crippen LogP contribution in [0.5, 0.6) is 0 Å². The average Bonchev–Trinajstić information content (AvgIpc) is 2.30. The van der Waals surface area contributed by atoms with E-state index in [0.29, 0.717) is 6.42 Å². The van der Waals surface area contributed by atoms with Crippen LogP contribution in [0.25, 0.3) is 0 Å². The molecule has 0 fully saturated rings. The van der Waals surface area contributed by atoms with Crippen LogP contribution in [0.3, 0.4) is 0 Å². The molecule has 4 nitrogen and oxygen atoms in total. The number of carbonyl (C=O) groups excluding carboxylic acids is 2. The second kappa shape index (κ2) is 9.87. The van der Waals surface area contributed by atoms with Crippen LogP contribution < -0.4 is 5.32 Å². The van der Waals surface area contributed by atoms with E-state index in [-0.39, 0.29) is 11.9 Å². The molecule has 0 aromatic heterocycles. The Kier molecular flexibility index (Phi) is 9.11. The second-order valence-corrected chi connectivity index (χ2v) is 4.06. The summed E-state index contributed by atoms with van der Waals surface area (Å²) in [5.74, 6) is -0.571. The van der Waals surface area contributed by atoms with Crippen LogP contribution >= 0.6 is 0 Å². The minimum Gasteiger partial charge on any atom is -0.467 e. The standard InChI is InChI=1S/C13H23NO3/c1-4-5-6-7-8-9-10-12(13(16)17-3)14-11(2)15/h4,12H,1,5-10H2,2-3H3,(H,14,15)/t12-/m0/s1. The van der Waals surface area contributed by atoms with Crippen molar-refractivity contribution in [2.45, 2.75) is 51.5 Å². The lowest BCUT2D eigenvalue weighted by Gasteiger charge is -2.14. The molecule has 0 heterocycles. The van der Waals surface area contributed by atoms with Gasteiger partial charge in [0, 0.05) is 6.92 Å². The zero-order valence-electron chi connectivity index (χ0n) is 10.8. The van der Waals surface area contributed by atoms with Crippen molar-refractivity contribution in [3.8, 4) is 0 Å². The summed E-state index contributed by atoms with van der Waals surface area (Å²) in [5, 5.41) is 2.60. The van der Waals surface area contributed by atoms with E-state index in [9.17, 15) is 9.59 Å². The number of hydrogen-bond donors (Lipinski definition) is 1. The molecule has 0 aromatic carbocycles. The fraction of sp³-hybridized carbons (Fsp3) is 0.692. The van der Waals surface area contributed by atoms with Crippen LogP contribution in [0.1, 0.15) is 45.4 Å². The third-order valence-corrected chi connectivity index (χ3v) is 2.51. The fourth-order valence-corrected chi connectivity index (χ4v) is 1.63. The van der Waals surface area contributed by atoms with E-state index in [0.717, 1.165) is 32.1 Å². The lowest BCUT2D eigenvalue weighted by Crippen LogP contribution is -2.40. The molecule has 98 valence electrons. The smallest absolute Gasteiger partial charge is 0.328 e. The van der Waals surface area contributed by atoms with E-state index < -0.39 is 6.04 Å². The topological polar surface area (TPSA) is 55.4 Å². The lowest BCUT2D eigenvalue weighted by molar-refractivity contribution is -0.145. The lowest BCUT2D eigenvalue weighted by atomic mass is 10.1. The molecule has 0 unspecified atom stereocenters. The summed E-state index contributed by atoms with van der Waals surface area (Å²) in [7, 11) is 1.33. The zero-order valence-corrected chi connectivity index (χ0v) is 10.8. The molecular weight excluding hydrogens is 218 g/mol. The third kappa shape index (κ3) is 8.48. The number of allylic oxidation sites excluding steroid dienone is 1. The largest absolute Gasteiger partial charge is 0.467 e. The van der Waals surface area contributed by atoms with Gasteiger partial charge in [0.25, 0.3) is 0 Å². The summed E-state index contributed by atoms with van der Waals surface area (Å²) in [5.41, 5.74) is 0. The number of methoxy groups -OCH3 is 1. The molecule has 1 atom stereocenters. The highest BCUT2D eigenvalue weighted by molar-refractivity contribution is 5.83. The first-order valence-corrected chi connectivity index (χ1v) is 6.07. The van der Waals surface area contributed by atoms with Gasteiger partial charge < -0.3 is 10.1 Å². The number of nitrogens with one attached hydrogen (secondary N) is 1. The molecule has 0 spiro atoms. The van der Waals surface area contributed by atoms with Crippen LogP contribution in [0.2, 0.25) is 0 Å². The highest BCUT2D eigenvalue weighted by atomic mass is 16.5. The van der Waals surface area contributed by atoms with Crippen molar-refractivity contribution < 1.29 is 14.3 Å². The van der Waals surface area contributed by atoms with E-state index in [1.54, 1.807) is 0 Å². The molecule has 1 N–H and O–H groups in total. The molecule has 0 aliphatic rings. The summed E-state index contributed by atoms with van der Waals surface area (Å²) in [4.78, 5) is 22.3. The molecule has 4 heteroatoms. The second-order valence-electron chi connectivity index (χ2n) is 4.06. The molecule has 0 saturated carbocycles. The summed E-state index contributed by atoms with van der Waals surface area (Å²) in [6, 6.07) is -0.503. The Labute approximate surface area is 103 Å². The normalized spacial score (nSPS) is 11.6. The summed E-state index contributed by atoms with van der Waals surface area (Å²) < 4.78 is 4.64. The van der Waals surface area contributed by atoms with Crippen molar-refractivity contribution in [2.24, 2.45) is 0 Å². The molecule has 0 radical (unpaired) electrons. The van der Waals surface area contributed by atoms with Crippen molar-refractivity contribution in [3.63, 3.8) is 0 Å². The highest BCUT2D eigenvalue weighted by Gasteiger charge is 2.18. The number of unbranched alkanes of at least 4 members (excludes halogenated alkanes) is 4. The van der Waals surface area contributed by atoms with Gasteiger partial charge in [-0.25, -0.2) is 4.79 Å². The monoisotopic (exact) mass is 241 g/mol. The van der Waals surface area contributed by atoms with Crippen LogP contribution in [-0.4, -0.2) is 25.0 Å². The van der Waals surface area contributed by atoms with Gasteiger partial charge in [0.05, 0.1) is 7.11 Å². The summed E-state index contributed by atoms with van der Waals surface area (Å²) >= 11 is 0. The first kappa shape index (κ1) is 15.7. The minimum absolute atomic E-state index is 0.202. The number of amides is 1. The van der Waals surface area contributed by atoms with Crippen LogP contribution in [0, 0.1) is 0 Å². The Bertz CT molecular complexity index is 251. The SMILES string of the molecule is C=CCCCCCC[C@H](NC(C)=O)C(=O)OC. The van der Waals surface area contributed by atoms with Crippen molar-refractivity contribution >= 4 is 11.9 Å². The number of esters is 1. The summed E-state index contributed by atoms with van der Waals surface area (Å²) in [6.45, 7) is 5.07. The number of ether oxygens (including phenoxy) is 1. The van der Waals surface area contributed by atoms with Gasteiger partial charge in [0.15, 0.2) is 0 Å². The first-order chi connectivity index (χ1) is 8.11. The van der Waals surface area contributed by atoms with Gasteiger partial charge in [0.1, 0.15) is 6.04 Å². The van der Waals surface area contributed by atoms with Gasteiger partial charge in [-0.3, -0.25) is 4.79 Å². The predicted molar refractivity (Wildman–Crippen MR) is 67.5 cm³/mol. The van der Waals surface area contributed by atoms with Crippen molar-refractivity contribution in [2.75, 3.05) is 7.11 Å². The number of rotatable bonds is 9. The van der Waals surface area contributed by atoms with Crippen molar-refractivity contribution in [1.29, 1.82) is 0 Å². The fourth-order valence-electron chi connectivity index (χ4n) is 1.63. The van der Waals surface area contributed by atoms with E-state index >= 15 is 0 Å². The van der Waals surface area contributed by atoms with E-state index in [1.165, 1.54) is 14.0 Å². The Hall–Kier alpha value is -1.32. The quantitative estimate of drug-likeness (QED) is 0.382. The van der Waals surface area contributed by atoms with E-state index in [4.69, 9.17) is 0 Å². The maximum Gasteiger partial charge on any atom is 0.328 e. The minimum atomic E-state index is -0.503. The van der Waals surface area contributed by atoms with Crippen molar-refractivity contribution in [1.82, 2.24) is 5.32 Å². The maximum absolute atomic E-state index is 11.4. The molecule has 1 amide bonds. The molecule has 17 heavy (non-hydrogen) atoms. The Morgan fingerprint density at radius 3 is 2.47 bits per heavy atom. The Morgan fingerprint density at radius 1 is 1.29 bits per heavy atom. The number of carbonyl (C=O) groups is 2. The molecular formula is C13H23NO3. The molecule has 0 bridgehead atoms. The van der Waals surface area contributed by atoms with Gasteiger partial charge in [-0.05, 0) is 19.3 Å². The molecule has 0 aromatic rings. The number of hydrogen-bond acceptors (Lipinski definition) is 3. The van der Waals surface area contributed by atoms with Gasteiger partial charge in [0.2, 0.25) is 5.91 Å². The van der Waals surface area contributed by atoms with E-state index in [2.05, 4.69) is 16.6 Å². The molecule has 0 aliphatic heterocycles. The highest BCUT2D eigenvalue weighted by Crippen LogP contribution is 2.08. The maximum atomic E-state index is 11.4. The van der Waals surface area contributed by atoms with Gasteiger partial charge >= 0.3 is 5.97 Å². The summed E-state index contributed by atoms with van der Waals surface area (Å²) in [6.07, 6.45) is 7.81. The first-order valence-electron chi connectivity index (χ1n) is 6.07. The van der Waals surface area contributed by atoms with Crippen LogP contribution in [-0.2, 0) is 14.3 Å². The van der Waals surface area contributed by atoms with E-state index in [1.807, 2.05) is 6.08 Å². The molecule has 0 saturated heterocycles. The van der Waals surface area contributed by atoms with Crippen LogP contribution in [0.4, 0.5) is 0 Å². The zero-order chi connectivity index (χ0) is 13.1. The third-order valence-electron chi connectivity index (χ3n) is 2.51. The molecule has 0 aliphatic carbocycles. The molecule has 0 rings (SSSR count). The van der Waals surface area contributed by atoms with Gasteiger partial charge in [-0.15, -0.1) is 6.58 Å². The Balaban J connectivity index is 3.79. The average molecular weight is 241 g/mol. The van der Waals surface area contributed by atoms with Crippen LogP contribution in [0.15, 0.2) is 12.7 Å².